The number of hydrogen-bond acceptors (Lipinski definition) is 5. The zero-order valence-electron chi connectivity index (χ0n) is 11.2. The number of nitrogens with one attached hydrogen (secondary N) is 2. The molecule has 0 aliphatic heterocycles. The first-order valence-corrected chi connectivity index (χ1v) is 7.63. The third-order valence-corrected chi connectivity index (χ3v) is 3.87. The van der Waals surface area contributed by atoms with Crippen molar-refractivity contribution in [2.45, 2.75) is 6.54 Å². The van der Waals surface area contributed by atoms with Crippen LogP contribution < -0.4 is 10.6 Å². The lowest BCUT2D eigenvalue weighted by Gasteiger charge is -2.02. The molecule has 0 saturated heterocycles. The van der Waals surface area contributed by atoms with Gasteiger partial charge in [0.1, 0.15) is 0 Å². The van der Waals surface area contributed by atoms with Crippen LogP contribution in [-0.2, 0) is 6.54 Å². The molecule has 6 nitrogen and oxygen atoms in total. The molecule has 2 heterocycles. The minimum Gasteiger partial charge on any atom is -0.403 e. The van der Waals surface area contributed by atoms with Gasteiger partial charge in [-0.1, -0.05) is 22.8 Å². The Bertz CT molecular complexity index is 756. The van der Waals surface area contributed by atoms with Gasteiger partial charge in [-0.2, -0.15) is 0 Å². The number of urea groups is 1. The number of halogens is 1. The molecule has 0 saturated carbocycles. The Morgan fingerprint density at radius 3 is 2.77 bits per heavy atom. The van der Waals surface area contributed by atoms with Gasteiger partial charge in [-0.25, -0.2) is 4.79 Å². The Morgan fingerprint density at radius 1 is 1.23 bits per heavy atom. The molecule has 8 heteroatoms. The van der Waals surface area contributed by atoms with E-state index in [1.54, 1.807) is 35.6 Å². The van der Waals surface area contributed by atoms with Crippen molar-refractivity contribution in [2.24, 2.45) is 0 Å². The highest BCUT2D eigenvalue weighted by Gasteiger charge is 2.11. The Labute approximate surface area is 135 Å². The topological polar surface area (TPSA) is 80.0 Å². The Balaban J connectivity index is 1.59. The van der Waals surface area contributed by atoms with E-state index in [2.05, 4.69) is 20.8 Å². The van der Waals surface area contributed by atoms with Gasteiger partial charge in [0.05, 0.1) is 6.54 Å². The second kappa shape index (κ2) is 6.59. The van der Waals surface area contributed by atoms with Crippen LogP contribution in [0.1, 0.15) is 4.88 Å². The van der Waals surface area contributed by atoms with E-state index < -0.39 is 6.03 Å². The van der Waals surface area contributed by atoms with Crippen molar-refractivity contribution in [3.05, 3.63) is 51.7 Å². The van der Waals surface area contributed by atoms with E-state index in [1.807, 2.05) is 17.5 Å². The predicted molar refractivity (Wildman–Crippen MR) is 84.9 cm³/mol. The molecular weight excluding hydrogens is 324 g/mol. The molecular formula is C14H11ClN4O2S. The molecule has 0 bridgehead atoms. The van der Waals surface area contributed by atoms with E-state index in [1.165, 1.54) is 0 Å². The molecule has 0 fully saturated rings. The van der Waals surface area contributed by atoms with Crippen molar-refractivity contribution in [3.63, 3.8) is 0 Å². The van der Waals surface area contributed by atoms with Gasteiger partial charge in [0, 0.05) is 15.5 Å². The van der Waals surface area contributed by atoms with Gasteiger partial charge < -0.3 is 9.73 Å². The summed E-state index contributed by atoms with van der Waals surface area (Å²) in [5.74, 6) is 0.310. The van der Waals surface area contributed by atoms with Crippen molar-refractivity contribution in [1.82, 2.24) is 15.5 Å². The lowest BCUT2D eigenvalue weighted by atomic mass is 10.2. The lowest BCUT2D eigenvalue weighted by molar-refractivity contribution is 0.251. The molecule has 3 rings (SSSR count). The third-order valence-electron chi connectivity index (χ3n) is 2.74. The number of thiophene rings is 1. The molecule has 0 unspecified atom stereocenters. The largest absolute Gasteiger partial charge is 0.403 e. The van der Waals surface area contributed by atoms with E-state index in [9.17, 15) is 4.79 Å². The normalized spacial score (nSPS) is 10.4. The fourth-order valence-corrected chi connectivity index (χ4v) is 2.48. The van der Waals surface area contributed by atoms with Crippen LogP contribution in [0.2, 0.25) is 5.02 Å². The van der Waals surface area contributed by atoms with Crippen LogP contribution >= 0.6 is 22.9 Å². The number of rotatable bonds is 4. The molecule has 2 N–H and O–H groups in total. The SMILES string of the molecule is O=C(NCc1cccs1)Nc1nnc(-c2ccc(Cl)cc2)o1. The van der Waals surface area contributed by atoms with Crippen LogP contribution in [0, 0.1) is 0 Å². The fraction of sp³-hybridized carbons (Fsp3) is 0.0714. The number of amides is 2. The van der Waals surface area contributed by atoms with Crippen LogP contribution in [0.5, 0.6) is 0 Å². The minimum absolute atomic E-state index is 0.0358. The van der Waals surface area contributed by atoms with Crippen molar-refractivity contribution >= 4 is 35.0 Å². The standard InChI is InChI=1S/C14H11ClN4O2S/c15-10-5-3-9(4-6-10)12-18-19-14(21-12)17-13(20)16-8-11-2-1-7-22-11/h1-7H,8H2,(H2,16,17,19,20). The molecule has 22 heavy (non-hydrogen) atoms. The van der Waals surface area contributed by atoms with Gasteiger partial charge in [0.2, 0.25) is 5.89 Å². The Kier molecular flexibility index (Phi) is 4.36. The van der Waals surface area contributed by atoms with Crippen LogP contribution in [0.3, 0.4) is 0 Å². The molecule has 0 aliphatic rings. The zero-order chi connectivity index (χ0) is 15.4. The number of hydrogen-bond donors (Lipinski definition) is 2. The third kappa shape index (κ3) is 3.63. The smallest absolute Gasteiger partial charge is 0.324 e. The highest BCUT2D eigenvalue weighted by molar-refractivity contribution is 7.09. The maximum Gasteiger partial charge on any atom is 0.324 e. The van der Waals surface area contributed by atoms with E-state index >= 15 is 0 Å². The molecule has 3 aromatic rings. The predicted octanol–water partition coefficient (Wildman–Crippen LogP) is 3.77. The van der Waals surface area contributed by atoms with Crippen molar-refractivity contribution in [2.75, 3.05) is 5.32 Å². The number of nitrogens with zero attached hydrogens (tertiary/aromatic N) is 2. The average Bonchev–Trinajstić information content (AvgIpc) is 3.17. The molecule has 0 radical (unpaired) electrons. The maximum atomic E-state index is 11.7. The highest BCUT2D eigenvalue weighted by Crippen LogP contribution is 2.21. The van der Waals surface area contributed by atoms with Crippen molar-refractivity contribution in [1.29, 1.82) is 0 Å². The van der Waals surface area contributed by atoms with E-state index in [0.717, 1.165) is 10.4 Å². The first kappa shape index (κ1) is 14.6. The zero-order valence-corrected chi connectivity index (χ0v) is 12.8. The van der Waals surface area contributed by atoms with Crippen molar-refractivity contribution < 1.29 is 9.21 Å². The van der Waals surface area contributed by atoms with Crippen molar-refractivity contribution in [3.8, 4) is 11.5 Å². The number of carbonyl (C=O) groups excluding carboxylic acids is 1. The Hall–Kier alpha value is -2.38. The fourth-order valence-electron chi connectivity index (χ4n) is 1.70. The first-order valence-electron chi connectivity index (χ1n) is 6.37. The summed E-state index contributed by atoms with van der Waals surface area (Å²) in [6.07, 6.45) is 0. The summed E-state index contributed by atoms with van der Waals surface area (Å²) in [4.78, 5) is 12.8. The number of aromatic nitrogens is 2. The van der Waals surface area contributed by atoms with E-state index in [0.29, 0.717) is 17.5 Å². The second-order valence-corrected chi connectivity index (χ2v) is 5.77. The molecule has 0 atom stereocenters. The summed E-state index contributed by atoms with van der Waals surface area (Å²) in [5, 5.41) is 15.4. The average molecular weight is 335 g/mol. The van der Waals surface area contributed by atoms with Crippen LogP contribution in [0.4, 0.5) is 10.8 Å². The van der Waals surface area contributed by atoms with Crippen LogP contribution in [-0.4, -0.2) is 16.2 Å². The number of carbonyl (C=O) groups is 1. The van der Waals surface area contributed by atoms with Gasteiger partial charge in [-0.3, -0.25) is 5.32 Å². The van der Waals surface area contributed by atoms with Crippen LogP contribution in [0.15, 0.2) is 46.2 Å². The summed E-state index contributed by atoms with van der Waals surface area (Å²) in [6.45, 7) is 0.446. The molecule has 0 spiro atoms. The van der Waals surface area contributed by atoms with Gasteiger partial charge in [-0.05, 0) is 35.7 Å². The van der Waals surface area contributed by atoms with Gasteiger partial charge >= 0.3 is 12.0 Å². The Morgan fingerprint density at radius 2 is 2.05 bits per heavy atom. The molecule has 2 aromatic heterocycles. The highest BCUT2D eigenvalue weighted by atomic mass is 35.5. The van der Waals surface area contributed by atoms with Crippen LogP contribution in [0.25, 0.3) is 11.5 Å². The lowest BCUT2D eigenvalue weighted by Crippen LogP contribution is -2.27. The van der Waals surface area contributed by atoms with Gasteiger partial charge in [0.15, 0.2) is 0 Å². The quantitative estimate of drug-likeness (QED) is 0.761. The number of anilines is 1. The first-order chi connectivity index (χ1) is 10.7. The summed E-state index contributed by atoms with van der Waals surface area (Å²) >= 11 is 7.39. The van der Waals surface area contributed by atoms with Gasteiger partial charge in [-0.15, -0.1) is 16.4 Å². The van der Waals surface area contributed by atoms with E-state index in [4.69, 9.17) is 16.0 Å². The minimum atomic E-state index is -0.403. The summed E-state index contributed by atoms with van der Waals surface area (Å²) in [7, 11) is 0. The monoisotopic (exact) mass is 334 g/mol. The maximum absolute atomic E-state index is 11.7. The molecule has 1 aromatic carbocycles. The molecule has 112 valence electrons. The van der Waals surface area contributed by atoms with E-state index in [-0.39, 0.29) is 6.01 Å². The summed E-state index contributed by atoms with van der Waals surface area (Å²) in [5.41, 5.74) is 0.726. The summed E-state index contributed by atoms with van der Waals surface area (Å²) < 4.78 is 5.38. The van der Waals surface area contributed by atoms with Gasteiger partial charge in [0.25, 0.3) is 0 Å². The number of benzene rings is 1. The molecule has 0 aliphatic carbocycles. The summed E-state index contributed by atoms with van der Waals surface area (Å²) in [6, 6.07) is 10.5. The second-order valence-electron chi connectivity index (χ2n) is 4.31. The molecule has 2 amide bonds.